The number of hydrogen-bond donors (Lipinski definition) is 1. The van der Waals surface area contributed by atoms with E-state index >= 15 is 0 Å². The van der Waals surface area contributed by atoms with Gasteiger partial charge in [-0.05, 0) is 17.7 Å². The van der Waals surface area contributed by atoms with Crippen molar-refractivity contribution in [1.29, 1.82) is 0 Å². The van der Waals surface area contributed by atoms with Crippen LogP contribution in [0.15, 0.2) is 36.9 Å². The fourth-order valence-electron chi connectivity index (χ4n) is 1.38. The lowest BCUT2D eigenvalue weighted by Gasteiger charge is -2.16. The predicted molar refractivity (Wildman–Crippen MR) is 68.9 cm³/mol. The molecule has 0 fully saturated rings. The van der Waals surface area contributed by atoms with E-state index in [1.54, 1.807) is 12.1 Å². The van der Waals surface area contributed by atoms with Gasteiger partial charge in [-0.3, -0.25) is 0 Å². The highest BCUT2D eigenvalue weighted by Gasteiger charge is 2.16. The third-order valence-corrected chi connectivity index (χ3v) is 4.15. The van der Waals surface area contributed by atoms with Crippen LogP contribution in [0, 0.1) is 0 Å². The molecular formula is C12H15NO4S. The summed E-state index contributed by atoms with van der Waals surface area (Å²) in [5, 5.41) is 8.74. The Hall–Kier alpha value is -1.66. The molecule has 1 aromatic carbocycles. The normalized spacial score (nSPS) is 11.4. The van der Waals surface area contributed by atoms with Crippen LogP contribution >= 0.6 is 0 Å². The van der Waals surface area contributed by atoms with Crippen molar-refractivity contribution in [2.75, 3.05) is 12.8 Å². The molecule has 0 amide bonds. The molecule has 1 aromatic rings. The Labute approximate surface area is 106 Å². The van der Waals surface area contributed by atoms with E-state index in [1.807, 2.05) is 0 Å². The van der Waals surface area contributed by atoms with Crippen molar-refractivity contribution >= 4 is 16.0 Å². The lowest BCUT2D eigenvalue weighted by atomic mass is 10.1. The highest BCUT2D eigenvalue weighted by molar-refractivity contribution is 7.89. The third-order valence-electron chi connectivity index (χ3n) is 2.41. The topological polar surface area (TPSA) is 74.7 Å². The summed E-state index contributed by atoms with van der Waals surface area (Å²) >= 11 is 0. The number of aromatic carboxylic acids is 1. The predicted octanol–water partition coefficient (Wildman–Crippen LogP) is 1.33. The number of carboxylic acids is 1. The summed E-state index contributed by atoms with van der Waals surface area (Å²) in [4.78, 5) is 10.7. The minimum Gasteiger partial charge on any atom is -0.478 e. The molecule has 0 aliphatic heterocycles. The fraction of sp³-hybridized carbons (Fsp3) is 0.250. The molecule has 0 radical (unpaired) electrons. The summed E-state index contributed by atoms with van der Waals surface area (Å²) in [6.45, 7) is 3.60. The molecular weight excluding hydrogens is 254 g/mol. The molecule has 0 aromatic heterocycles. The summed E-state index contributed by atoms with van der Waals surface area (Å²) in [5.41, 5.74) is 0.908. The van der Waals surface area contributed by atoms with Crippen LogP contribution in [0.1, 0.15) is 15.9 Å². The minimum atomic E-state index is -3.34. The van der Waals surface area contributed by atoms with Crippen LogP contribution in [-0.4, -0.2) is 36.6 Å². The number of carboxylic acid groups (broad SMARTS) is 1. The van der Waals surface area contributed by atoms with Gasteiger partial charge in [-0.2, -0.15) is 0 Å². The van der Waals surface area contributed by atoms with Gasteiger partial charge in [0, 0.05) is 13.6 Å². The van der Waals surface area contributed by atoms with Crippen molar-refractivity contribution in [2.45, 2.75) is 6.54 Å². The molecule has 0 atom stereocenters. The van der Waals surface area contributed by atoms with Crippen LogP contribution in [0.25, 0.3) is 0 Å². The first-order chi connectivity index (χ1) is 8.36. The maximum absolute atomic E-state index is 11.7. The SMILES string of the molecule is C=CCS(=O)(=O)N(C)Cc1ccc(C(=O)O)cc1. The smallest absolute Gasteiger partial charge is 0.335 e. The van der Waals surface area contributed by atoms with E-state index in [-0.39, 0.29) is 17.9 Å². The van der Waals surface area contributed by atoms with E-state index in [9.17, 15) is 13.2 Å². The maximum atomic E-state index is 11.7. The first kappa shape index (κ1) is 14.4. The molecule has 0 aliphatic rings. The van der Waals surface area contributed by atoms with Crippen molar-refractivity contribution < 1.29 is 18.3 Å². The molecule has 1 N–H and O–H groups in total. The van der Waals surface area contributed by atoms with Gasteiger partial charge in [-0.15, -0.1) is 6.58 Å². The van der Waals surface area contributed by atoms with Crippen LogP contribution in [0.5, 0.6) is 0 Å². The number of nitrogens with zero attached hydrogens (tertiary/aromatic N) is 1. The molecule has 0 unspecified atom stereocenters. The Kier molecular flexibility index (Phi) is 4.63. The van der Waals surface area contributed by atoms with Crippen molar-refractivity contribution in [1.82, 2.24) is 4.31 Å². The number of carbonyl (C=O) groups is 1. The second-order valence-corrected chi connectivity index (χ2v) is 5.95. The zero-order valence-electron chi connectivity index (χ0n) is 10.0. The van der Waals surface area contributed by atoms with Crippen molar-refractivity contribution in [3.63, 3.8) is 0 Å². The van der Waals surface area contributed by atoms with E-state index in [0.29, 0.717) is 0 Å². The number of rotatable bonds is 6. The Morgan fingerprint density at radius 1 is 1.39 bits per heavy atom. The molecule has 18 heavy (non-hydrogen) atoms. The van der Waals surface area contributed by atoms with Crippen molar-refractivity contribution in [3.8, 4) is 0 Å². The molecule has 0 bridgehead atoms. The zero-order valence-corrected chi connectivity index (χ0v) is 10.9. The van der Waals surface area contributed by atoms with Crippen LogP contribution in [-0.2, 0) is 16.6 Å². The van der Waals surface area contributed by atoms with Crippen LogP contribution in [0.3, 0.4) is 0 Å². The van der Waals surface area contributed by atoms with E-state index in [4.69, 9.17) is 5.11 Å². The largest absolute Gasteiger partial charge is 0.478 e. The zero-order chi connectivity index (χ0) is 13.8. The number of hydrogen-bond acceptors (Lipinski definition) is 3. The van der Waals surface area contributed by atoms with Gasteiger partial charge in [-0.25, -0.2) is 17.5 Å². The van der Waals surface area contributed by atoms with Crippen molar-refractivity contribution in [3.05, 3.63) is 48.0 Å². The average molecular weight is 269 g/mol. The van der Waals surface area contributed by atoms with Gasteiger partial charge in [0.1, 0.15) is 0 Å². The van der Waals surface area contributed by atoms with Gasteiger partial charge in [-0.1, -0.05) is 18.2 Å². The van der Waals surface area contributed by atoms with Crippen LogP contribution in [0.2, 0.25) is 0 Å². The van der Waals surface area contributed by atoms with E-state index in [2.05, 4.69) is 6.58 Å². The van der Waals surface area contributed by atoms with Gasteiger partial charge in [0.15, 0.2) is 0 Å². The van der Waals surface area contributed by atoms with Gasteiger partial charge >= 0.3 is 5.97 Å². The van der Waals surface area contributed by atoms with Gasteiger partial charge < -0.3 is 5.11 Å². The first-order valence-electron chi connectivity index (χ1n) is 5.24. The molecule has 0 saturated carbocycles. The molecule has 0 spiro atoms. The third kappa shape index (κ3) is 3.68. The molecule has 5 nitrogen and oxygen atoms in total. The van der Waals surface area contributed by atoms with E-state index in [0.717, 1.165) is 5.56 Å². The Morgan fingerprint density at radius 3 is 2.39 bits per heavy atom. The van der Waals surface area contributed by atoms with Gasteiger partial charge in [0.2, 0.25) is 10.0 Å². The summed E-state index contributed by atoms with van der Waals surface area (Å²) < 4.78 is 24.6. The standard InChI is InChI=1S/C12H15NO4S/c1-3-8-18(16,17)13(2)9-10-4-6-11(7-5-10)12(14)15/h3-7H,1,8-9H2,2H3,(H,14,15). The molecule has 0 saturated heterocycles. The molecule has 0 heterocycles. The van der Waals surface area contributed by atoms with E-state index in [1.165, 1.54) is 29.6 Å². The lowest BCUT2D eigenvalue weighted by Crippen LogP contribution is -2.28. The number of sulfonamides is 1. The van der Waals surface area contributed by atoms with E-state index < -0.39 is 16.0 Å². The minimum absolute atomic E-state index is 0.114. The second-order valence-electron chi connectivity index (χ2n) is 3.83. The average Bonchev–Trinajstić information content (AvgIpc) is 2.29. The van der Waals surface area contributed by atoms with Crippen LogP contribution in [0.4, 0.5) is 0 Å². The summed E-state index contributed by atoms with van der Waals surface area (Å²) in [7, 11) is -1.86. The molecule has 0 aliphatic carbocycles. The molecule has 6 heteroatoms. The summed E-state index contributed by atoms with van der Waals surface area (Å²) in [6, 6.07) is 6.10. The van der Waals surface area contributed by atoms with Crippen molar-refractivity contribution in [2.24, 2.45) is 0 Å². The van der Waals surface area contributed by atoms with Crippen LogP contribution < -0.4 is 0 Å². The highest BCUT2D eigenvalue weighted by Crippen LogP contribution is 2.09. The molecule has 1 rings (SSSR count). The summed E-state index contributed by atoms with van der Waals surface area (Å²) in [6.07, 6.45) is 1.33. The molecule has 98 valence electrons. The fourth-order valence-corrected chi connectivity index (χ4v) is 2.28. The maximum Gasteiger partial charge on any atom is 0.335 e. The lowest BCUT2D eigenvalue weighted by molar-refractivity contribution is 0.0697. The monoisotopic (exact) mass is 269 g/mol. The quantitative estimate of drug-likeness (QED) is 0.791. The Bertz CT molecular complexity index is 534. The Balaban J connectivity index is 2.79. The van der Waals surface area contributed by atoms with Gasteiger partial charge in [0.05, 0.1) is 11.3 Å². The highest BCUT2D eigenvalue weighted by atomic mass is 32.2. The Morgan fingerprint density at radius 2 is 1.94 bits per heavy atom. The second kappa shape index (κ2) is 5.79. The first-order valence-corrected chi connectivity index (χ1v) is 6.85. The van der Waals surface area contributed by atoms with Gasteiger partial charge in [0.25, 0.3) is 0 Å². The number of benzene rings is 1. The summed E-state index contributed by atoms with van der Waals surface area (Å²) in [5.74, 6) is -1.12.